The van der Waals surface area contributed by atoms with Crippen molar-refractivity contribution in [2.45, 2.75) is 26.7 Å². The Morgan fingerprint density at radius 1 is 1.10 bits per heavy atom. The predicted octanol–water partition coefficient (Wildman–Crippen LogP) is 5.52. The van der Waals surface area contributed by atoms with Gasteiger partial charge in [-0.1, -0.05) is 55.8 Å². The van der Waals surface area contributed by atoms with Gasteiger partial charge in [0.25, 0.3) is 5.91 Å². The van der Waals surface area contributed by atoms with Crippen LogP contribution in [0.2, 0.25) is 0 Å². The second kappa shape index (κ2) is 8.74. The maximum atomic E-state index is 12.9. The fourth-order valence-electron chi connectivity index (χ4n) is 3.38. The molecule has 0 aliphatic rings. The summed E-state index contributed by atoms with van der Waals surface area (Å²) in [5.41, 5.74) is 6.92. The lowest BCUT2D eigenvalue weighted by Gasteiger charge is -2.09. The van der Waals surface area contributed by atoms with Crippen LogP contribution in [0.25, 0.3) is 22.2 Å². The number of furan rings is 1. The fraction of sp³-hybridized carbons (Fsp3) is 0.160. The third-order valence-corrected chi connectivity index (χ3v) is 4.87. The molecule has 0 aliphatic heterocycles. The van der Waals surface area contributed by atoms with E-state index in [-0.39, 0.29) is 5.91 Å². The van der Waals surface area contributed by atoms with E-state index in [1.165, 1.54) is 11.8 Å². The molecule has 0 bridgehead atoms. The average molecular weight is 397 g/mol. The summed E-state index contributed by atoms with van der Waals surface area (Å²) < 4.78 is 5.43. The largest absolute Gasteiger partial charge is 0.460 e. The Labute approximate surface area is 175 Å². The van der Waals surface area contributed by atoms with Crippen LogP contribution >= 0.6 is 0 Å². The van der Waals surface area contributed by atoms with Gasteiger partial charge in [0.05, 0.1) is 23.0 Å². The minimum absolute atomic E-state index is 0.294. The molecule has 0 atom stereocenters. The zero-order valence-corrected chi connectivity index (χ0v) is 17.1. The van der Waals surface area contributed by atoms with Gasteiger partial charge in [0.1, 0.15) is 11.5 Å². The molecule has 0 aliphatic carbocycles. The number of pyridine rings is 1. The van der Waals surface area contributed by atoms with Gasteiger partial charge in [-0.15, -0.1) is 0 Å². The van der Waals surface area contributed by atoms with Gasteiger partial charge in [0.2, 0.25) is 0 Å². The maximum absolute atomic E-state index is 12.9. The molecular weight excluding hydrogens is 374 g/mol. The van der Waals surface area contributed by atoms with Gasteiger partial charge < -0.3 is 4.42 Å². The highest BCUT2D eigenvalue weighted by Gasteiger charge is 2.13. The number of fused-ring (bicyclic) bond motifs is 1. The first kappa shape index (κ1) is 19.6. The number of nitrogens with zero attached hydrogens (tertiary/aromatic N) is 2. The molecule has 0 fully saturated rings. The summed E-state index contributed by atoms with van der Waals surface area (Å²) in [6.07, 6.45) is 3.64. The van der Waals surface area contributed by atoms with Crippen LogP contribution in [0.1, 0.15) is 40.8 Å². The average Bonchev–Trinajstić information content (AvgIpc) is 3.18. The summed E-state index contributed by atoms with van der Waals surface area (Å²) >= 11 is 0. The van der Waals surface area contributed by atoms with Crippen molar-refractivity contribution in [1.82, 2.24) is 10.4 Å². The zero-order valence-electron chi connectivity index (χ0n) is 17.1. The van der Waals surface area contributed by atoms with Gasteiger partial charge in [-0.2, -0.15) is 5.10 Å². The normalized spacial score (nSPS) is 11.3. The lowest BCUT2D eigenvalue weighted by molar-refractivity contribution is 0.0956. The quantitative estimate of drug-likeness (QED) is 0.344. The van der Waals surface area contributed by atoms with E-state index < -0.39 is 0 Å². The summed E-state index contributed by atoms with van der Waals surface area (Å²) in [6, 6.07) is 21.4. The molecule has 4 aromatic rings. The van der Waals surface area contributed by atoms with Crippen LogP contribution in [0.5, 0.6) is 0 Å². The van der Waals surface area contributed by atoms with Crippen molar-refractivity contribution < 1.29 is 9.21 Å². The lowest BCUT2D eigenvalue weighted by Crippen LogP contribution is -2.18. The molecule has 30 heavy (non-hydrogen) atoms. The van der Waals surface area contributed by atoms with Gasteiger partial charge in [0, 0.05) is 10.9 Å². The van der Waals surface area contributed by atoms with E-state index in [1.807, 2.05) is 43.3 Å². The number of nitrogens with one attached hydrogen (secondary N) is 1. The third kappa shape index (κ3) is 4.30. The number of hydrogen-bond donors (Lipinski definition) is 1. The fourth-order valence-corrected chi connectivity index (χ4v) is 3.38. The van der Waals surface area contributed by atoms with E-state index in [1.54, 1.807) is 6.07 Å². The number of benzene rings is 2. The van der Waals surface area contributed by atoms with Crippen LogP contribution in [0, 0.1) is 6.92 Å². The van der Waals surface area contributed by atoms with E-state index in [4.69, 9.17) is 9.40 Å². The second-order valence-electron chi connectivity index (χ2n) is 7.17. The number of aryl methyl sites for hydroxylation is 2. The predicted molar refractivity (Wildman–Crippen MR) is 120 cm³/mol. The molecule has 2 heterocycles. The molecule has 0 saturated carbocycles. The summed E-state index contributed by atoms with van der Waals surface area (Å²) in [5.74, 6) is 1.08. The third-order valence-electron chi connectivity index (χ3n) is 4.87. The van der Waals surface area contributed by atoms with Crippen LogP contribution in [-0.2, 0) is 6.42 Å². The molecule has 1 N–H and O–H groups in total. The van der Waals surface area contributed by atoms with Gasteiger partial charge in [0.15, 0.2) is 0 Å². The number of amides is 1. The Morgan fingerprint density at radius 2 is 1.90 bits per heavy atom. The van der Waals surface area contributed by atoms with Crippen molar-refractivity contribution in [2.24, 2.45) is 5.10 Å². The van der Waals surface area contributed by atoms with Crippen LogP contribution in [0.15, 0.2) is 76.2 Å². The molecule has 5 heteroatoms. The van der Waals surface area contributed by atoms with Crippen molar-refractivity contribution in [2.75, 3.05) is 0 Å². The molecule has 2 aromatic carbocycles. The molecular formula is C25H23N3O2. The minimum Gasteiger partial charge on any atom is -0.460 e. The summed E-state index contributed by atoms with van der Waals surface area (Å²) in [6.45, 7) is 4.02. The van der Waals surface area contributed by atoms with Crippen LogP contribution in [0.3, 0.4) is 0 Å². The van der Waals surface area contributed by atoms with Crippen LogP contribution < -0.4 is 5.43 Å². The Kier molecular flexibility index (Phi) is 5.70. The SMILES string of the molecule is CCCc1ccc(-c2cc(C(=O)NN=Cc3ccc(C)o3)c3ccccc3n2)cc1. The van der Waals surface area contributed by atoms with Crippen molar-refractivity contribution in [1.29, 1.82) is 0 Å². The van der Waals surface area contributed by atoms with E-state index >= 15 is 0 Å². The van der Waals surface area contributed by atoms with Crippen LogP contribution in [0.4, 0.5) is 0 Å². The lowest BCUT2D eigenvalue weighted by atomic mass is 10.0. The molecule has 150 valence electrons. The molecule has 5 nitrogen and oxygen atoms in total. The highest BCUT2D eigenvalue weighted by atomic mass is 16.3. The smallest absolute Gasteiger partial charge is 0.272 e. The van der Waals surface area contributed by atoms with E-state index in [2.05, 4.69) is 41.7 Å². The highest BCUT2D eigenvalue weighted by Crippen LogP contribution is 2.25. The number of aromatic nitrogens is 1. The van der Waals surface area contributed by atoms with Crippen molar-refractivity contribution in [3.05, 3.63) is 89.4 Å². The minimum atomic E-state index is -0.294. The first-order chi connectivity index (χ1) is 14.6. The van der Waals surface area contributed by atoms with Gasteiger partial charge in [-0.05, 0) is 43.2 Å². The Balaban J connectivity index is 1.66. The molecule has 0 spiro atoms. The van der Waals surface area contributed by atoms with E-state index in [0.29, 0.717) is 11.3 Å². The zero-order chi connectivity index (χ0) is 20.9. The number of rotatable bonds is 6. The van der Waals surface area contributed by atoms with E-state index in [9.17, 15) is 4.79 Å². The number of hydrazone groups is 1. The number of carbonyl (C=O) groups is 1. The summed E-state index contributed by atoms with van der Waals surface area (Å²) in [5, 5.41) is 4.82. The first-order valence-electron chi connectivity index (χ1n) is 10.0. The summed E-state index contributed by atoms with van der Waals surface area (Å²) in [4.78, 5) is 17.7. The van der Waals surface area contributed by atoms with Crippen molar-refractivity contribution >= 4 is 23.0 Å². The van der Waals surface area contributed by atoms with Crippen molar-refractivity contribution in [3.63, 3.8) is 0 Å². The number of carbonyl (C=O) groups excluding carboxylic acids is 1. The highest BCUT2D eigenvalue weighted by molar-refractivity contribution is 6.07. The monoisotopic (exact) mass is 397 g/mol. The molecule has 4 rings (SSSR count). The molecule has 0 radical (unpaired) electrons. The molecule has 1 amide bonds. The second-order valence-corrected chi connectivity index (χ2v) is 7.17. The Hall–Kier alpha value is -3.73. The van der Waals surface area contributed by atoms with E-state index in [0.717, 1.165) is 40.8 Å². The molecule has 0 saturated heterocycles. The topological polar surface area (TPSA) is 67.5 Å². The first-order valence-corrected chi connectivity index (χ1v) is 10.0. The van der Waals surface area contributed by atoms with Gasteiger partial charge >= 0.3 is 0 Å². The van der Waals surface area contributed by atoms with Gasteiger partial charge in [-0.3, -0.25) is 4.79 Å². The van der Waals surface area contributed by atoms with Crippen LogP contribution in [-0.4, -0.2) is 17.1 Å². The Bertz CT molecular complexity index is 1210. The Morgan fingerprint density at radius 3 is 2.63 bits per heavy atom. The van der Waals surface area contributed by atoms with Gasteiger partial charge in [-0.25, -0.2) is 10.4 Å². The maximum Gasteiger partial charge on any atom is 0.272 e. The standard InChI is InChI=1S/C25H23N3O2/c1-3-6-18-10-12-19(13-11-18)24-15-22(21-7-4-5-8-23(21)27-24)25(29)28-26-16-20-14-9-17(2)30-20/h4-5,7-16H,3,6H2,1-2H3,(H,28,29). The van der Waals surface area contributed by atoms with Crippen molar-refractivity contribution in [3.8, 4) is 11.3 Å². The number of para-hydroxylation sites is 1. The number of hydrogen-bond acceptors (Lipinski definition) is 4. The molecule has 2 aromatic heterocycles. The summed E-state index contributed by atoms with van der Waals surface area (Å²) in [7, 11) is 0. The molecule has 0 unspecified atom stereocenters.